The summed E-state index contributed by atoms with van der Waals surface area (Å²) in [6.45, 7) is 16.8. The average Bonchev–Trinajstić information content (AvgIpc) is 2.35. The average molecular weight is 278 g/mol. The van der Waals surface area contributed by atoms with Crippen LogP contribution in [0.4, 0.5) is 0 Å². The Labute approximate surface area is 121 Å². The highest BCUT2D eigenvalue weighted by atomic mass is 16.2. The largest absolute Gasteiger partial charge is 0.294 e. The van der Waals surface area contributed by atoms with E-state index in [0.717, 1.165) is 0 Å². The van der Waals surface area contributed by atoms with Crippen molar-refractivity contribution in [1.82, 2.24) is 5.01 Å². The Hall–Kier alpha value is -1.26. The summed E-state index contributed by atoms with van der Waals surface area (Å²) in [5, 5.41) is 1.64. The first kappa shape index (κ1) is 16.8. The lowest BCUT2D eigenvalue weighted by atomic mass is 9.53. The zero-order chi connectivity index (χ0) is 15.9. The molecule has 0 aromatic rings. The first-order chi connectivity index (χ1) is 9.00. The van der Waals surface area contributed by atoms with E-state index >= 15 is 0 Å². The SMILES string of the molecule is C=CC(=O)C1(C(=O)C=C)C(C)CC(C)(C)N(N)C1(C)C. The maximum absolute atomic E-state index is 12.6. The first-order valence-corrected chi connectivity index (χ1v) is 6.89. The second-order valence-corrected chi connectivity index (χ2v) is 6.79. The number of rotatable bonds is 4. The maximum atomic E-state index is 12.6. The second kappa shape index (κ2) is 4.93. The van der Waals surface area contributed by atoms with Crippen molar-refractivity contribution >= 4 is 11.6 Å². The van der Waals surface area contributed by atoms with Crippen LogP contribution in [0.25, 0.3) is 0 Å². The highest BCUT2D eigenvalue weighted by Gasteiger charge is 2.65. The van der Waals surface area contributed by atoms with Crippen LogP contribution in [0.5, 0.6) is 0 Å². The molecule has 1 rings (SSSR count). The first-order valence-electron chi connectivity index (χ1n) is 6.89. The quantitative estimate of drug-likeness (QED) is 0.487. The van der Waals surface area contributed by atoms with Gasteiger partial charge in [-0.1, -0.05) is 20.1 Å². The Kier molecular flexibility index (Phi) is 4.14. The zero-order valence-corrected chi connectivity index (χ0v) is 13.2. The number of nitrogens with zero attached hydrogens (tertiary/aromatic N) is 1. The van der Waals surface area contributed by atoms with E-state index in [2.05, 4.69) is 13.2 Å². The molecule has 1 aliphatic rings. The number of carbonyl (C=O) groups is 2. The molecule has 0 bridgehead atoms. The number of ketones is 2. The zero-order valence-electron chi connectivity index (χ0n) is 13.2. The maximum Gasteiger partial charge on any atom is 0.171 e. The molecule has 0 aromatic carbocycles. The molecule has 4 nitrogen and oxygen atoms in total. The smallest absolute Gasteiger partial charge is 0.171 e. The van der Waals surface area contributed by atoms with E-state index in [1.54, 1.807) is 5.01 Å². The summed E-state index contributed by atoms with van der Waals surface area (Å²) in [5.41, 5.74) is -2.36. The lowest BCUT2D eigenvalue weighted by Crippen LogP contribution is -2.75. The van der Waals surface area contributed by atoms with Gasteiger partial charge < -0.3 is 0 Å². The fourth-order valence-electron chi connectivity index (χ4n) is 4.08. The monoisotopic (exact) mass is 278 g/mol. The molecule has 2 N–H and O–H groups in total. The van der Waals surface area contributed by atoms with Crippen LogP contribution < -0.4 is 5.84 Å². The summed E-state index contributed by atoms with van der Waals surface area (Å²) < 4.78 is 0. The van der Waals surface area contributed by atoms with E-state index in [9.17, 15) is 9.59 Å². The van der Waals surface area contributed by atoms with Crippen molar-refractivity contribution in [2.75, 3.05) is 0 Å². The van der Waals surface area contributed by atoms with Crippen LogP contribution in [-0.2, 0) is 9.59 Å². The lowest BCUT2D eigenvalue weighted by Gasteiger charge is -2.61. The van der Waals surface area contributed by atoms with E-state index in [1.807, 2.05) is 34.6 Å². The van der Waals surface area contributed by atoms with Crippen molar-refractivity contribution in [2.24, 2.45) is 17.2 Å². The molecular formula is C16H26N2O2. The van der Waals surface area contributed by atoms with E-state index in [-0.39, 0.29) is 23.0 Å². The molecule has 1 aliphatic heterocycles. The molecule has 1 saturated heterocycles. The van der Waals surface area contributed by atoms with Crippen LogP contribution in [0.15, 0.2) is 25.3 Å². The summed E-state index contributed by atoms with van der Waals surface area (Å²) in [5.74, 6) is 5.55. The van der Waals surface area contributed by atoms with Crippen molar-refractivity contribution in [2.45, 2.75) is 52.1 Å². The standard InChI is InChI=1S/C16H26N2O2/c1-8-12(19)16(13(20)9-2)11(3)10-14(4,5)18(17)15(16,6)7/h8-9,11H,1-2,10,17H2,3-7H3. The van der Waals surface area contributed by atoms with Gasteiger partial charge in [-0.05, 0) is 52.2 Å². The van der Waals surface area contributed by atoms with Crippen molar-refractivity contribution in [3.8, 4) is 0 Å². The van der Waals surface area contributed by atoms with Crippen LogP contribution in [0.1, 0.15) is 41.0 Å². The highest BCUT2D eigenvalue weighted by Crippen LogP contribution is 2.53. The van der Waals surface area contributed by atoms with Gasteiger partial charge in [0.15, 0.2) is 11.6 Å². The van der Waals surface area contributed by atoms with Gasteiger partial charge in [0.05, 0.1) is 5.54 Å². The molecule has 0 saturated carbocycles. The number of allylic oxidation sites excluding steroid dienone is 2. The van der Waals surface area contributed by atoms with Crippen LogP contribution in [0.3, 0.4) is 0 Å². The molecule has 0 radical (unpaired) electrons. The van der Waals surface area contributed by atoms with Gasteiger partial charge in [0.25, 0.3) is 0 Å². The van der Waals surface area contributed by atoms with Crippen LogP contribution in [-0.4, -0.2) is 27.7 Å². The second-order valence-electron chi connectivity index (χ2n) is 6.79. The van der Waals surface area contributed by atoms with Gasteiger partial charge in [-0.25, -0.2) is 5.01 Å². The number of carbonyl (C=O) groups excluding carboxylic acids is 2. The predicted octanol–water partition coefficient (Wildman–Crippen LogP) is 2.26. The molecule has 0 amide bonds. The van der Waals surface area contributed by atoms with Crippen LogP contribution >= 0.6 is 0 Å². The lowest BCUT2D eigenvalue weighted by molar-refractivity contribution is -0.173. The molecule has 1 fully saturated rings. The molecular weight excluding hydrogens is 252 g/mol. The minimum atomic E-state index is -1.24. The Bertz CT molecular complexity index is 443. The summed E-state index contributed by atoms with van der Waals surface area (Å²) in [7, 11) is 0. The summed E-state index contributed by atoms with van der Waals surface area (Å²) in [6.07, 6.45) is 3.10. The van der Waals surface area contributed by atoms with Crippen molar-refractivity contribution < 1.29 is 9.59 Å². The summed E-state index contributed by atoms with van der Waals surface area (Å²) in [4.78, 5) is 25.2. The van der Waals surface area contributed by atoms with Crippen molar-refractivity contribution in [3.63, 3.8) is 0 Å². The van der Waals surface area contributed by atoms with Gasteiger partial charge in [0.1, 0.15) is 5.41 Å². The van der Waals surface area contributed by atoms with E-state index in [4.69, 9.17) is 5.84 Å². The van der Waals surface area contributed by atoms with Gasteiger partial charge in [0, 0.05) is 5.54 Å². The van der Waals surface area contributed by atoms with Crippen LogP contribution in [0, 0.1) is 11.3 Å². The molecule has 0 aromatic heterocycles. The molecule has 112 valence electrons. The fourth-order valence-corrected chi connectivity index (χ4v) is 4.08. The molecule has 1 unspecified atom stereocenters. The van der Waals surface area contributed by atoms with E-state index < -0.39 is 11.0 Å². The Balaban J connectivity index is 3.65. The van der Waals surface area contributed by atoms with Crippen molar-refractivity contribution in [1.29, 1.82) is 0 Å². The fraction of sp³-hybridized carbons (Fsp3) is 0.625. The molecule has 1 atom stereocenters. The predicted molar refractivity (Wildman–Crippen MR) is 80.8 cm³/mol. The Morgan fingerprint density at radius 3 is 1.90 bits per heavy atom. The van der Waals surface area contributed by atoms with E-state index in [0.29, 0.717) is 6.42 Å². The molecule has 1 heterocycles. The third-order valence-electron chi connectivity index (χ3n) is 4.91. The third-order valence-corrected chi connectivity index (χ3v) is 4.91. The minimum absolute atomic E-state index is 0.150. The highest BCUT2D eigenvalue weighted by molar-refractivity contribution is 6.16. The molecule has 20 heavy (non-hydrogen) atoms. The molecule has 0 aliphatic carbocycles. The normalized spacial score (nSPS) is 27.6. The van der Waals surface area contributed by atoms with Crippen molar-refractivity contribution in [3.05, 3.63) is 25.3 Å². The molecule has 0 spiro atoms. The van der Waals surface area contributed by atoms with Gasteiger partial charge in [0.2, 0.25) is 0 Å². The van der Waals surface area contributed by atoms with Gasteiger partial charge in [-0.3, -0.25) is 15.4 Å². The Morgan fingerprint density at radius 1 is 1.15 bits per heavy atom. The third kappa shape index (κ3) is 1.90. The van der Waals surface area contributed by atoms with Gasteiger partial charge in [-0.2, -0.15) is 0 Å². The number of hydrogen-bond acceptors (Lipinski definition) is 4. The topological polar surface area (TPSA) is 63.4 Å². The van der Waals surface area contributed by atoms with Gasteiger partial charge in [-0.15, -0.1) is 0 Å². The number of piperidine rings is 1. The number of hydrogen-bond donors (Lipinski definition) is 1. The van der Waals surface area contributed by atoms with Gasteiger partial charge >= 0.3 is 0 Å². The van der Waals surface area contributed by atoms with E-state index in [1.165, 1.54) is 12.2 Å². The minimum Gasteiger partial charge on any atom is -0.294 e. The molecule has 4 heteroatoms. The Morgan fingerprint density at radius 2 is 1.55 bits per heavy atom. The summed E-state index contributed by atoms with van der Waals surface area (Å²) in [6, 6.07) is 0. The summed E-state index contributed by atoms with van der Waals surface area (Å²) >= 11 is 0. The van der Waals surface area contributed by atoms with Crippen LogP contribution in [0.2, 0.25) is 0 Å². The number of hydrazine groups is 1. The number of nitrogens with two attached hydrogens (primary N) is 1.